The molecule has 1 aliphatic rings. The topological polar surface area (TPSA) is 113 Å². The highest BCUT2D eigenvalue weighted by molar-refractivity contribution is 7.12. The number of hydrogen-bond acceptors (Lipinski definition) is 8. The molecule has 10 heteroatoms. The Labute approximate surface area is 206 Å². The third kappa shape index (κ3) is 4.92. The van der Waals surface area contributed by atoms with Gasteiger partial charge in [-0.25, -0.2) is 5.01 Å². The number of methoxy groups -OCH3 is 3. The van der Waals surface area contributed by atoms with Gasteiger partial charge in [-0.3, -0.25) is 9.59 Å². The zero-order valence-electron chi connectivity index (χ0n) is 19.5. The van der Waals surface area contributed by atoms with Crippen molar-refractivity contribution in [3.8, 4) is 23.0 Å². The third-order valence-electron chi connectivity index (χ3n) is 5.57. The standard InChI is InChI=1S/C25H25N3O6S/c1-31-19-10-9-15(12-21(19)33-3)18-13-17(22-8-5-11-35-22)27-28(18)23(29)14-34-24-16(25(26)30)6-4-7-20(24)32-2/h4-12,18H,13-14H2,1-3H3,(H2,26,30). The molecule has 0 fully saturated rings. The third-order valence-corrected chi connectivity index (χ3v) is 6.49. The van der Waals surface area contributed by atoms with Gasteiger partial charge < -0.3 is 24.7 Å². The van der Waals surface area contributed by atoms with Gasteiger partial charge in [0, 0.05) is 6.42 Å². The lowest BCUT2D eigenvalue weighted by Gasteiger charge is -2.23. The van der Waals surface area contributed by atoms with Crippen LogP contribution in [-0.2, 0) is 4.79 Å². The molecule has 0 spiro atoms. The van der Waals surface area contributed by atoms with Gasteiger partial charge in [0.25, 0.3) is 11.8 Å². The van der Waals surface area contributed by atoms with Gasteiger partial charge in [-0.2, -0.15) is 5.10 Å². The number of hydrazone groups is 1. The summed E-state index contributed by atoms with van der Waals surface area (Å²) in [7, 11) is 4.57. The minimum absolute atomic E-state index is 0.111. The van der Waals surface area contributed by atoms with Crippen molar-refractivity contribution < 1.29 is 28.5 Å². The number of primary amides is 1. The molecule has 1 aliphatic heterocycles. The molecule has 0 saturated carbocycles. The molecule has 0 bridgehead atoms. The van der Waals surface area contributed by atoms with Crippen molar-refractivity contribution in [3.63, 3.8) is 0 Å². The summed E-state index contributed by atoms with van der Waals surface area (Å²) < 4.78 is 21.8. The summed E-state index contributed by atoms with van der Waals surface area (Å²) in [4.78, 5) is 26.2. The lowest BCUT2D eigenvalue weighted by molar-refractivity contribution is -0.135. The fourth-order valence-corrected chi connectivity index (χ4v) is 4.59. The van der Waals surface area contributed by atoms with Crippen molar-refractivity contribution >= 4 is 28.9 Å². The summed E-state index contributed by atoms with van der Waals surface area (Å²) in [5, 5.41) is 8.01. The SMILES string of the molecule is COc1ccc(C2CC(c3cccs3)=NN2C(=O)COc2c(OC)cccc2C(N)=O)cc1OC. The van der Waals surface area contributed by atoms with E-state index in [2.05, 4.69) is 5.10 Å². The first-order valence-electron chi connectivity index (χ1n) is 10.7. The van der Waals surface area contributed by atoms with Crippen LogP contribution >= 0.6 is 11.3 Å². The van der Waals surface area contributed by atoms with Gasteiger partial charge in [0.15, 0.2) is 29.6 Å². The van der Waals surface area contributed by atoms with Crippen LogP contribution in [0.15, 0.2) is 59.0 Å². The number of nitrogens with zero attached hydrogens (tertiary/aromatic N) is 2. The van der Waals surface area contributed by atoms with Crippen molar-refractivity contribution in [2.45, 2.75) is 12.5 Å². The van der Waals surface area contributed by atoms with E-state index < -0.39 is 11.8 Å². The van der Waals surface area contributed by atoms with E-state index in [-0.39, 0.29) is 24.0 Å². The number of amides is 2. The number of rotatable bonds is 9. The molecule has 0 aliphatic carbocycles. The highest BCUT2D eigenvalue weighted by Gasteiger charge is 2.34. The van der Waals surface area contributed by atoms with Crippen molar-refractivity contribution in [2.24, 2.45) is 10.8 Å². The van der Waals surface area contributed by atoms with E-state index >= 15 is 0 Å². The number of ether oxygens (including phenoxy) is 4. The number of para-hydroxylation sites is 1. The lowest BCUT2D eigenvalue weighted by Crippen LogP contribution is -2.32. The lowest BCUT2D eigenvalue weighted by atomic mass is 10.0. The normalized spacial score (nSPS) is 14.9. The monoisotopic (exact) mass is 495 g/mol. The van der Waals surface area contributed by atoms with Gasteiger partial charge in [0.1, 0.15) is 0 Å². The first kappa shape index (κ1) is 24.1. The van der Waals surface area contributed by atoms with Crippen molar-refractivity contribution in [1.29, 1.82) is 0 Å². The van der Waals surface area contributed by atoms with Crippen LogP contribution in [0.25, 0.3) is 0 Å². The van der Waals surface area contributed by atoms with Gasteiger partial charge in [-0.05, 0) is 41.3 Å². The Bertz CT molecular complexity index is 1260. The van der Waals surface area contributed by atoms with Gasteiger partial charge >= 0.3 is 0 Å². The van der Waals surface area contributed by atoms with Crippen LogP contribution in [0.2, 0.25) is 0 Å². The molecule has 2 N–H and O–H groups in total. The summed E-state index contributed by atoms with van der Waals surface area (Å²) in [6.07, 6.45) is 0.517. The molecule has 182 valence electrons. The fraction of sp³-hybridized carbons (Fsp3) is 0.240. The van der Waals surface area contributed by atoms with Crippen molar-refractivity contribution in [1.82, 2.24) is 5.01 Å². The van der Waals surface area contributed by atoms with Crippen molar-refractivity contribution in [2.75, 3.05) is 27.9 Å². The number of benzene rings is 2. The van der Waals surface area contributed by atoms with Gasteiger partial charge in [-0.15, -0.1) is 11.3 Å². The van der Waals surface area contributed by atoms with E-state index in [1.807, 2.05) is 29.6 Å². The summed E-state index contributed by atoms with van der Waals surface area (Å²) in [6, 6.07) is 13.8. The summed E-state index contributed by atoms with van der Waals surface area (Å²) in [5.41, 5.74) is 7.23. The maximum Gasteiger partial charge on any atom is 0.281 e. The quantitative estimate of drug-likeness (QED) is 0.485. The van der Waals surface area contributed by atoms with E-state index in [1.54, 1.807) is 43.8 Å². The molecule has 1 atom stereocenters. The Morgan fingerprint density at radius 1 is 1.03 bits per heavy atom. The summed E-state index contributed by atoms with van der Waals surface area (Å²) in [6.45, 7) is -0.369. The molecule has 0 saturated heterocycles. The Morgan fingerprint density at radius 2 is 1.80 bits per heavy atom. The predicted molar refractivity (Wildman–Crippen MR) is 132 cm³/mol. The fourth-order valence-electron chi connectivity index (χ4n) is 3.87. The predicted octanol–water partition coefficient (Wildman–Crippen LogP) is 3.63. The molecule has 0 radical (unpaired) electrons. The molecule has 2 amide bonds. The molecule has 2 aromatic carbocycles. The molecular formula is C25H25N3O6S. The molecule has 3 aromatic rings. The molecule has 2 heterocycles. The van der Waals surface area contributed by atoms with Crippen LogP contribution in [0.5, 0.6) is 23.0 Å². The molecule has 4 rings (SSSR count). The van der Waals surface area contributed by atoms with E-state index in [4.69, 9.17) is 24.7 Å². The van der Waals surface area contributed by atoms with Gasteiger partial charge in [0.2, 0.25) is 0 Å². The molecule has 1 aromatic heterocycles. The summed E-state index contributed by atoms with van der Waals surface area (Å²) >= 11 is 1.55. The van der Waals surface area contributed by atoms with E-state index in [0.29, 0.717) is 23.7 Å². The maximum absolute atomic E-state index is 13.4. The van der Waals surface area contributed by atoms with Crippen LogP contribution < -0.4 is 24.7 Å². The molecule has 35 heavy (non-hydrogen) atoms. The zero-order valence-corrected chi connectivity index (χ0v) is 20.3. The minimum atomic E-state index is -0.686. The van der Waals surface area contributed by atoms with Crippen LogP contribution in [0.3, 0.4) is 0 Å². The Morgan fingerprint density at radius 3 is 2.46 bits per heavy atom. The average molecular weight is 496 g/mol. The summed E-state index contributed by atoms with van der Waals surface area (Å²) in [5.74, 6) is 0.477. The number of carbonyl (C=O) groups is 2. The Balaban J connectivity index is 1.63. The molecule has 1 unspecified atom stereocenters. The number of nitrogens with two attached hydrogens (primary N) is 1. The van der Waals surface area contributed by atoms with Crippen LogP contribution in [-0.4, -0.2) is 50.5 Å². The highest BCUT2D eigenvalue weighted by atomic mass is 32.1. The van der Waals surface area contributed by atoms with Crippen molar-refractivity contribution in [3.05, 3.63) is 69.9 Å². The maximum atomic E-state index is 13.4. The van der Waals surface area contributed by atoms with Crippen LogP contribution in [0.4, 0.5) is 0 Å². The second-order valence-corrected chi connectivity index (χ2v) is 8.53. The first-order valence-corrected chi connectivity index (χ1v) is 11.6. The van der Waals surface area contributed by atoms with E-state index in [1.165, 1.54) is 18.2 Å². The highest BCUT2D eigenvalue weighted by Crippen LogP contribution is 2.38. The van der Waals surface area contributed by atoms with E-state index in [9.17, 15) is 9.59 Å². The minimum Gasteiger partial charge on any atom is -0.493 e. The zero-order chi connectivity index (χ0) is 24.9. The second-order valence-electron chi connectivity index (χ2n) is 7.59. The van der Waals surface area contributed by atoms with Crippen LogP contribution in [0.1, 0.15) is 33.3 Å². The number of hydrogen-bond donors (Lipinski definition) is 1. The van der Waals surface area contributed by atoms with Gasteiger partial charge in [-0.1, -0.05) is 18.2 Å². The smallest absolute Gasteiger partial charge is 0.281 e. The number of carbonyl (C=O) groups excluding carboxylic acids is 2. The average Bonchev–Trinajstić information content (AvgIpc) is 3.57. The Hall–Kier alpha value is -4.05. The Kier molecular flexibility index (Phi) is 7.21. The molecular weight excluding hydrogens is 470 g/mol. The second kappa shape index (κ2) is 10.5. The first-order chi connectivity index (χ1) is 17.0. The largest absolute Gasteiger partial charge is 0.493 e. The van der Waals surface area contributed by atoms with Crippen LogP contribution in [0, 0.1) is 0 Å². The number of thiophene rings is 1. The van der Waals surface area contributed by atoms with E-state index in [0.717, 1.165) is 16.2 Å². The molecule has 9 nitrogen and oxygen atoms in total. The van der Waals surface area contributed by atoms with Gasteiger partial charge in [0.05, 0.1) is 43.5 Å².